The van der Waals surface area contributed by atoms with Gasteiger partial charge in [-0.15, -0.1) is 0 Å². The molecule has 0 aliphatic rings. The lowest BCUT2D eigenvalue weighted by Crippen LogP contribution is -2.00. The molecule has 0 aromatic carbocycles. The number of halogens is 3. The van der Waals surface area contributed by atoms with Crippen molar-refractivity contribution in [1.82, 2.24) is 0 Å². The van der Waals surface area contributed by atoms with E-state index in [2.05, 4.69) is 6.92 Å². The summed E-state index contributed by atoms with van der Waals surface area (Å²) in [4.78, 5) is 10.6. The molecule has 0 aromatic heterocycles. The Morgan fingerprint density at radius 1 is 0.708 bits per heavy atom. The summed E-state index contributed by atoms with van der Waals surface area (Å²) in [5, 5.41) is 0. The molecule has 0 amide bonds. The quantitative estimate of drug-likeness (QED) is 0.229. The molecule has 0 rings (SSSR count). The van der Waals surface area contributed by atoms with Crippen LogP contribution in [0.15, 0.2) is 0 Å². The molecule has 0 bridgehead atoms. The molecule has 0 saturated carbocycles. The fraction of sp³-hybridized carbons (Fsp3) is 0.947. The Balaban J connectivity index is 0. The molecule has 0 aromatic rings. The third-order valence-corrected chi connectivity index (χ3v) is 3.80. The van der Waals surface area contributed by atoms with E-state index in [0.717, 1.165) is 6.42 Å². The van der Waals surface area contributed by atoms with Gasteiger partial charge in [-0.25, -0.2) is 0 Å². The third kappa shape index (κ3) is 33.0. The van der Waals surface area contributed by atoms with E-state index in [0.29, 0.717) is 6.61 Å². The molecule has 5 heteroatoms. The van der Waals surface area contributed by atoms with Gasteiger partial charge in [0.1, 0.15) is 0 Å². The number of alkyl halides is 3. The van der Waals surface area contributed by atoms with Gasteiger partial charge in [-0.1, -0.05) is 90.4 Å². The number of esters is 1. The van der Waals surface area contributed by atoms with Gasteiger partial charge in [0.2, 0.25) is 0 Å². The third-order valence-electron chi connectivity index (χ3n) is 3.80. The van der Waals surface area contributed by atoms with Gasteiger partial charge < -0.3 is 4.74 Å². The van der Waals surface area contributed by atoms with Crippen LogP contribution in [0.2, 0.25) is 0 Å². The molecule has 2 nitrogen and oxygen atoms in total. The fourth-order valence-corrected chi connectivity index (χ4v) is 2.51. The normalized spacial score (nSPS) is 10.4. The molecule has 146 valence electrons. The average molecular weight is 354 g/mol. The van der Waals surface area contributed by atoms with Crippen LogP contribution in [0.25, 0.3) is 0 Å². The highest BCUT2D eigenvalue weighted by Crippen LogP contribution is 2.12. The average Bonchev–Trinajstić information content (AvgIpc) is 2.50. The lowest BCUT2D eigenvalue weighted by atomic mass is 10.0. The summed E-state index contributed by atoms with van der Waals surface area (Å²) in [6.45, 7) is 0.688. The second-order valence-electron chi connectivity index (χ2n) is 6.18. The Bertz CT molecular complexity index is 246. The summed E-state index contributed by atoms with van der Waals surface area (Å²) < 4.78 is 33.9. The molecule has 0 radical (unpaired) electrons. The van der Waals surface area contributed by atoms with Crippen LogP contribution in [0, 0.1) is 0 Å². The molecule has 0 aliphatic carbocycles. The van der Waals surface area contributed by atoms with E-state index in [1.807, 2.05) is 0 Å². The summed E-state index contributed by atoms with van der Waals surface area (Å²) in [6, 6.07) is 0. The number of carbonyl (C=O) groups excluding carboxylic acids is 1. The van der Waals surface area contributed by atoms with Gasteiger partial charge in [-0.05, 0) is 6.42 Å². The van der Waals surface area contributed by atoms with E-state index in [9.17, 15) is 18.0 Å². The molecule has 0 heterocycles. The zero-order chi connectivity index (χ0) is 18.5. The molecule has 0 N–H and O–H groups in total. The van der Waals surface area contributed by atoms with Crippen molar-refractivity contribution in [3.63, 3.8) is 0 Å². The van der Waals surface area contributed by atoms with Crippen LogP contribution in [0.5, 0.6) is 0 Å². The first-order valence-electron chi connectivity index (χ1n) is 9.56. The van der Waals surface area contributed by atoms with Crippen molar-refractivity contribution in [3.05, 3.63) is 0 Å². The first-order valence-corrected chi connectivity index (χ1v) is 9.56. The number of ether oxygens (including phenoxy) is 1. The maximum atomic E-state index is 10.6. The van der Waals surface area contributed by atoms with Crippen LogP contribution in [-0.4, -0.2) is 19.3 Å². The fourth-order valence-electron chi connectivity index (χ4n) is 2.51. The van der Waals surface area contributed by atoms with Crippen LogP contribution in [0.3, 0.4) is 0 Å². The molecule has 0 atom stereocenters. The van der Waals surface area contributed by atoms with E-state index < -0.39 is 6.68 Å². The molecule has 0 aliphatic heterocycles. The molecule has 0 spiro atoms. The SMILES string of the molecule is CCCCCCCCCCCCCCCCOC(C)=O.FC(F)F. The van der Waals surface area contributed by atoms with Crippen molar-refractivity contribution in [2.45, 2.75) is 110 Å². The molecular formula is C19H37F3O2. The minimum Gasteiger partial charge on any atom is -0.466 e. The number of rotatable bonds is 15. The van der Waals surface area contributed by atoms with E-state index in [1.54, 1.807) is 0 Å². The predicted octanol–water partition coefficient (Wildman–Crippen LogP) is 7.21. The van der Waals surface area contributed by atoms with Gasteiger partial charge in [-0.2, -0.15) is 13.2 Å². The highest BCUT2D eigenvalue weighted by atomic mass is 19.4. The van der Waals surface area contributed by atoms with Crippen LogP contribution >= 0.6 is 0 Å². The summed E-state index contributed by atoms with van der Waals surface area (Å²) in [6.07, 6.45) is 19.0. The Hall–Kier alpha value is -0.740. The van der Waals surface area contributed by atoms with Crippen molar-refractivity contribution in [1.29, 1.82) is 0 Å². The lowest BCUT2D eigenvalue weighted by Gasteiger charge is -2.03. The van der Waals surface area contributed by atoms with Gasteiger partial charge in [-0.3, -0.25) is 4.79 Å². The second-order valence-corrected chi connectivity index (χ2v) is 6.18. The summed E-state index contributed by atoms with van der Waals surface area (Å²) >= 11 is 0. The zero-order valence-corrected chi connectivity index (χ0v) is 15.6. The van der Waals surface area contributed by atoms with E-state index >= 15 is 0 Å². The van der Waals surface area contributed by atoms with Crippen molar-refractivity contribution in [2.75, 3.05) is 6.61 Å². The summed E-state index contributed by atoms with van der Waals surface area (Å²) in [5.41, 5.74) is 0. The van der Waals surface area contributed by atoms with Crippen molar-refractivity contribution >= 4 is 5.97 Å². The minimum absolute atomic E-state index is 0.153. The maximum Gasteiger partial charge on any atom is 0.379 e. The Morgan fingerprint density at radius 3 is 1.29 bits per heavy atom. The summed E-state index contributed by atoms with van der Waals surface area (Å²) in [5.74, 6) is -0.153. The van der Waals surface area contributed by atoms with E-state index in [-0.39, 0.29) is 5.97 Å². The largest absolute Gasteiger partial charge is 0.466 e. The van der Waals surface area contributed by atoms with Gasteiger partial charge in [0.05, 0.1) is 6.61 Å². The van der Waals surface area contributed by atoms with Gasteiger partial charge in [0, 0.05) is 6.92 Å². The highest BCUT2D eigenvalue weighted by Gasteiger charge is 1.95. The van der Waals surface area contributed by atoms with E-state index in [1.165, 1.54) is 90.4 Å². The minimum atomic E-state index is -3.67. The van der Waals surface area contributed by atoms with Crippen molar-refractivity contribution in [3.8, 4) is 0 Å². The number of hydrogen-bond donors (Lipinski definition) is 0. The van der Waals surface area contributed by atoms with Crippen LogP contribution in [0.1, 0.15) is 104 Å². The first-order chi connectivity index (χ1) is 11.5. The number of unbranched alkanes of at least 4 members (excludes halogenated alkanes) is 13. The Morgan fingerprint density at radius 2 is 1.00 bits per heavy atom. The lowest BCUT2D eigenvalue weighted by molar-refractivity contribution is -0.141. The highest BCUT2D eigenvalue weighted by molar-refractivity contribution is 5.65. The van der Waals surface area contributed by atoms with Crippen LogP contribution < -0.4 is 0 Å². The van der Waals surface area contributed by atoms with Crippen LogP contribution in [-0.2, 0) is 9.53 Å². The first kappa shape index (κ1) is 25.5. The molecule has 24 heavy (non-hydrogen) atoms. The Labute approximate surface area is 146 Å². The maximum absolute atomic E-state index is 10.6. The Kier molecular flexibility index (Phi) is 23.7. The van der Waals surface area contributed by atoms with Crippen molar-refractivity contribution < 1.29 is 22.7 Å². The van der Waals surface area contributed by atoms with Crippen molar-refractivity contribution in [2.24, 2.45) is 0 Å². The smallest absolute Gasteiger partial charge is 0.379 e. The summed E-state index contributed by atoms with van der Waals surface area (Å²) in [7, 11) is 0. The number of hydrogen-bond acceptors (Lipinski definition) is 2. The molecular weight excluding hydrogens is 317 g/mol. The molecule has 0 fully saturated rings. The van der Waals surface area contributed by atoms with Gasteiger partial charge >= 0.3 is 12.6 Å². The monoisotopic (exact) mass is 354 g/mol. The zero-order valence-electron chi connectivity index (χ0n) is 15.6. The topological polar surface area (TPSA) is 26.3 Å². The van der Waals surface area contributed by atoms with Gasteiger partial charge in [0.15, 0.2) is 0 Å². The molecule has 0 saturated heterocycles. The molecule has 0 unspecified atom stereocenters. The van der Waals surface area contributed by atoms with E-state index in [4.69, 9.17) is 4.74 Å². The van der Waals surface area contributed by atoms with Gasteiger partial charge in [0.25, 0.3) is 0 Å². The van der Waals surface area contributed by atoms with Crippen LogP contribution in [0.4, 0.5) is 13.2 Å². The second kappa shape index (κ2) is 22.3. The number of carbonyl (C=O) groups is 1. The predicted molar refractivity (Wildman–Crippen MR) is 94.1 cm³/mol. The standard InChI is InChI=1S/C18H36O2.CHF3/c1-3-4-5-6-7-8-9-10-11-12-13-14-15-16-17-20-18(2)19;2-1(3)4/h3-17H2,1-2H3;1H.